The lowest BCUT2D eigenvalue weighted by Crippen LogP contribution is -2.28. The number of sulfonamides is 1. The number of carbonyl (C=O) groups is 1. The number of anilines is 2. The summed E-state index contributed by atoms with van der Waals surface area (Å²) in [6.07, 6.45) is 2.10. The van der Waals surface area contributed by atoms with Crippen LogP contribution >= 0.6 is 0 Å². The van der Waals surface area contributed by atoms with Gasteiger partial charge in [-0.25, -0.2) is 8.42 Å². The van der Waals surface area contributed by atoms with Crippen molar-refractivity contribution in [3.05, 3.63) is 72.2 Å². The van der Waals surface area contributed by atoms with Crippen molar-refractivity contribution in [2.45, 2.75) is 11.3 Å². The number of nitrogens with one attached hydrogen (secondary N) is 1. The number of rotatable bonds is 5. The van der Waals surface area contributed by atoms with Crippen LogP contribution in [0.25, 0.3) is 0 Å². The second-order valence-electron chi connectivity index (χ2n) is 6.31. The number of hydrogen-bond acceptors (Lipinski definition) is 5. The van der Waals surface area contributed by atoms with E-state index in [9.17, 15) is 13.2 Å². The minimum absolute atomic E-state index is 0.142. The molecular formula is C20H18N2O5S. The molecular weight excluding hydrogens is 380 g/mol. The van der Waals surface area contributed by atoms with Crippen molar-refractivity contribution in [3.63, 3.8) is 0 Å². The van der Waals surface area contributed by atoms with Gasteiger partial charge in [0, 0.05) is 17.9 Å². The van der Waals surface area contributed by atoms with Crippen molar-refractivity contribution >= 4 is 27.3 Å². The molecule has 4 rings (SSSR count). The molecule has 0 saturated heterocycles. The van der Waals surface area contributed by atoms with Crippen molar-refractivity contribution in [2.24, 2.45) is 0 Å². The van der Waals surface area contributed by atoms with Crippen molar-refractivity contribution in [1.82, 2.24) is 0 Å². The summed E-state index contributed by atoms with van der Waals surface area (Å²) in [5.74, 6) is 0.644. The van der Waals surface area contributed by atoms with Crippen LogP contribution in [0.4, 0.5) is 11.4 Å². The van der Waals surface area contributed by atoms with Crippen molar-refractivity contribution < 1.29 is 22.4 Å². The second-order valence-corrected chi connectivity index (χ2v) is 7.99. The van der Waals surface area contributed by atoms with Gasteiger partial charge in [0.05, 0.1) is 18.3 Å². The molecule has 28 heavy (non-hydrogen) atoms. The van der Waals surface area contributed by atoms with E-state index in [1.165, 1.54) is 25.5 Å². The third-order valence-electron chi connectivity index (χ3n) is 4.57. The van der Waals surface area contributed by atoms with E-state index in [4.69, 9.17) is 9.15 Å². The predicted octanol–water partition coefficient (Wildman–Crippen LogP) is 3.29. The zero-order valence-electron chi connectivity index (χ0n) is 15.1. The van der Waals surface area contributed by atoms with Gasteiger partial charge in [-0.15, -0.1) is 0 Å². The zero-order chi connectivity index (χ0) is 19.7. The van der Waals surface area contributed by atoms with E-state index >= 15 is 0 Å². The number of nitrogens with zero attached hydrogens (tertiary/aromatic N) is 1. The second kappa shape index (κ2) is 7.05. The molecule has 2 aromatic carbocycles. The summed E-state index contributed by atoms with van der Waals surface area (Å²) in [4.78, 5) is 14.3. The highest BCUT2D eigenvalue weighted by Gasteiger charge is 2.27. The van der Waals surface area contributed by atoms with Crippen LogP contribution in [-0.4, -0.2) is 28.0 Å². The minimum Gasteiger partial charge on any atom is -0.497 e. The Bertz CT molecular complexity index is 1110. The fraction of sp³-hybridized carbons (Fsp3) is 0.150. The van der Waals surface area contributed by atoms with Gasteiger partial charge >= 0.3 is 0 Å². The first-order valence-electron chi connectivity index (χ1n) is 8.63. The largest absolute Gasteiger partial charge is 0.497 e. The lowest BCUT2D eigenvalue weighted by atomic mass is 10.1. The van der Waals surface area contributed by atoms with Crippen molar-refractivity contribution in [2.75, 3.05) is 23.3 Å². The van der Waals surface area contributed by atoms with Gasteiger partial charge < -0.3 is 14.1 Å². The predicted molar refractivity (Wildman–Crippen MR) is 104 cm³/mol. The molecule has 0 radical (unpaired) electrons. The van der Waals surface area contributed by atoms with Gasteiger partial charge in [-0.05, 0) is 66.6 Å². The highest BCUT2D eigenvalue weighted by atomic mass is 32.2. The van der Waals surface area contributed by atoms with Gasteiger partial charge in [0.2, 0.25) is 0 Å². The van der Waals surface area contributed by atoms with Crippen LogP contribution in [0.3, 0.4) is 0 Å². The van der Waals surface area contributed by atoms with Gasteiger partial charge in [0.1, 0.15) is 5.75 Å². The van der Waals surface area contributed by atoms with Gasteiger partial charge in [0.25, 0.3) is 15.9 Å². The Hall–Kier alpha value is -3.26. The molecule has 144 valence electrons. The summed E-state index contributed by atoms with van der Waals surface area (Å²) in [6, 6.07) is 14.6. The maximum absolute atomic E-state index is 12.6. The molecule has 1 N–H and O–H groups in total. The highest BCUT2D eigenvalue weighted by Crippen LogP contribution is 2.32. The molecule has 0 aliphatic carbocycles. The van der Waals surface area contributed by atoms with Gasteiger partial charge in [0.15, 0.2) is 5.76 Å². The van der Waals surface area contributed by atoms with E-state index in [1.807, 2.05) is 0 Å². The Morgan fingerprint density at radius 2 is 1.93 bits per heavy atom. The summed E-state index contributed by atoms with van der Waals surface area (Å²) < 4.78 is 38.0. The average Bonchev–Trinajstić information content (AvgIpc) is 3.37. The van der Waals surface area contributed by atoms with Crippen LogP contribution < -0.4 is 14.4 Å². The van der Waals surface area contributed by atoms with Crippen LogP contribution in [0.15, 0.2) is 70.2 Å². The first-order valence-corrected chi connectivity index (χ1v) is 10.1. The molecule has 1 amide bonds. The van der Waals surface area contributed by atoms with Crippen molar-refractivity contribution in [1.29, 1.82) is 0 Å². The monoisotopic (exact) mass is 398 g/mol. The molecule has 3 aromatic rings. The number of amides is 1. The fourth-order valence-electron chi connectivity index (χ4n) is 3.18. The fourth-order valence-corrected chi connectivity index (χ4v) is 4.23. The smallest absolute Gasteiger partial charge is 0.293 e. The molecule has 2 heterocycles. The Balaban J connectivity index is 1.55. The number of benzene rings is 2. The number of furan rings is 1. The molecule has 0 bridgehead atoms. The highest BCUT2D eigenvalue weighted by molar-refractivity contribution is 7.92. The third kappa shape index (κ3) is 3.34. The van der Waals surface area contributed by atoms with E-state index in [0.29, 0.717) is 24.4 Å². The Labute approximate surface area is 162 Å². The molecule has 0 spiro atoms. The first kappa shape index (κ1) is 18.1. The summed E-state index contributed by atoms with van der Waals surface area (Å²) in [7, 11) is -2.20. The first-order chi connectivity index (χ1) is 13.5. The summed E-state index contributed by atoms with van der Waals surface area (Å²) in [5.41, 5.74) is 2.10. The maximum Gasteiger partial charge on any atom is 0.293 e. The Morgan fingerprint density at radius 1 is 1.14 bits per heavy atom. The van der Waals surface area contributed by atoms with E-state index < -0.39 is 10.0 Å². The van der Waals surface area contributed by atoms with Crippen LogP contribution in [-0.2, 0) is 16.4 Å². The van der Waals surface area contributed by atoms with Crippen LogP contribution in [0.1, 0.15) is 16.1 Å². The maximum atomic E-state index is 12.6. The van der Waals surface area contributed by atoms with Gasteiger partial charge in [-0.3, -0.25) is 9.52 Å². The Morgan fingerprint density at radius 3 is 2.61 bits per heavy atom. The molecule has 8 heteroatoms. The van der Waals surface area contributed by atoms with Crippen molar-refractivity contribution in [3.8, 4) is 5.75 Å². The summed E-state index contributed by atoms with van der Waals surface area (Å²) in [5, 5.41) is 0. The number of ether oxygens (including phenoxy) is 1. The zero-order valence-corrected chi connectivity index (χ0v) is 15.9. The van der Waals surface area contributed by atoms with Gasteiger partial charge in [-0.2, -0.15) is 0 Å². The van der Waals surface area contributed by atoms with E-state index in [-0.39, 0.29) is 16.6 Å². The van der Waals surface area contributed by atoms with E-state index in [0.717, 1.165) is 11.3 Å². The molecule has 1 aliphatic heterocycles. The third-order valence-corrected chi connectivity index (χ3v) is 5.97. The van der Waals surface area contributed by atoms with Crippen LogP contribution in [0, 0.1) is 0 Å². The SMILES string of the molecule is COc1ccc(S(=O)(=O)Nc2ccc3c(c2)CCN3C(=O)c2ccco2)cc1. The van der Waals surface area contributed by atoms with Gasteiger partial charge in [-0.1, -0.05) is 0 Å². The van der Waals surface area contributed by atoms with Crippen LogP contribution in [0.2, 0.25) is 0 Å². The summed E-state index contributed by atoms with van der Waals surface area (Å²) in [6.45, 7) is 0.517. The Kier molecular flexibility index (Phi) is 4.56. The summed E-state index contributed by atoms with van der Waals surface area (Å²) >= 11 is 0. The standard InChI is InChI=1S/C20H18N2O5S/c1-26-16-5-7-17(8-6-16)28(24,25)21-15-4-9-18-14(13-15)10-11-22(18)20(23)19-3-2-12-27-19/h2-9,12-13,21H,10-11H2,1H3. The number of carbonyl (C=O) groups excluding carboxylic acids is 1. The quantitative estimate of drug-likeness (QED) is 0.712. The normalized spacial score (nSPS) is 13.2. The van der Waals surface area contributed by atoms with Crippen LogP contribution in [0.5, 0.6) is 5.75 Å². The molecule has 7 nitrogen and oxygen atoms in total. The number of methoxy groups -OCH3 is 1. The molecule has 0 atom stereocenters. The topological polar surface area (TPSA) is 88.9 Å². The number of fused-ring (bicyclic) bond motifs is 1. The lowest BCUT2D eigenvalue weighted by molar-refractivity contribution is 0.0963. The average molecular weight is 398 g/mol. The molecule has 1 aromatic heterocycles. The molecule has 0 fully saturated rings. The molecule has 0 unspecified atom stereocenters. The molecule has 1 aliphatic rings. The minimum atomic E-state index is -3.72. The number of hydrogen-bond donors (Lipinski definition) is 1. The van der Waals surface area contributed by atoms with E-state index in [2.05, 4.69) is 4.72 Å². The molecule has 0 saturated carbocycles. The lowest BCUT2D eigenvalue weighted by Gasteiger charge is -2.16. The van der Waals surface area contributed by atoms with E-state index in [1.54, 1.807) is 47.4 Å².